The Morgan fingerprint density at radius 1 is 1.00 bits per heavy atom. The van der Waals surface area contributed by atoms with E-state index in [0.29, 0.717) is 6.42 Å². The quantitative estimate of drug-likeness (QED) is 0.273. The first kappa shape index (κ1) is 19.8. The maximum absolute atomic E-state index is 10.9. The molecular formula is C19H32O2. The van der Waals surface area contributed by atoms with Crippen LogP contribution in [-0.4, -0.2) is 13.1 Å². The molecule has 0 fully saturated rings. The highest BCUT2D eigenvalue weighted by molar-refractivity contribution is 5.68. The topological polar surface area (TPSA) is 26.3 Å². The van der Waals surface area contributed by atoms with Crippen LogP contribution in [-0.2, 0) is 9.53 Å². The van der Waals surface area contributed by atoms with Crippen LogP contribution in [0.15, 0.2) is 12.2 Å². The van der Waals surface area contributed by atoms with Crippen LogP contribution in [0.5, 0.6) is 0 Å². The third-order valence-electron chi connectivity index (χ3n) is 3.44. The van der Waals surface area contributed by atoms with Crippen molar-refractivity contribution in [3.8, 4) is 11.8 Å². The molecule has 0 bridgehead atoms. The molecular weight excluding hydrogens is 260 g/mol. The van der Waals surface area contributed by atoms with Gasteiger partial charge in [-0.05, 0) is 31.8 Å². The molecule has 0 amide bonds. The van der Waals surface area contributed by atoms with Crippen molar-refractivity contribution in [2.45, 2.75) is 84.0 Å². The Bertz CT molecular complexity index is 320. The number of hydrogen-bond acceptors (Lipinski definition) is 2. The molecule has 2 nitrogen and oxygen atoms in total. The Morgan fingerprint density at radius 3 is 2.48 bits per heavy atom. The number of esters is 1. The molecule has 0 rings (SSSR count). The lowest BCUT2D eigenvalue weighted by Crippen LogP contribution is -1.98. The largest absolute Gasteiger partial charge is 0.469 e. The van der Waals surface area contributed by atoms with Crippen molar-refractivity contribution in [2.24, 2.45) is 0 Å². The highest BCUT2D eigenvalue weighted by atomic mass is 16.5. The van der Waals surface area contributed by atoms with Crippen LogP contribution in [0.2, 0.25) is 0 Å². The van der Waals surface area contributed by atoms with E-state index in [1.165, 1.54) is 52.1 Å². The van der Waals surface area contributed by atoms with Crippen LogP contribution in [0.25, 0.3) is 0 Å². The summed E-state index contributed by atoms with van der Waals surface area (Å²) in [5, 5.41) is 0. The number of ether oxygens (including phenoxy) is 1. The van der Waals surface area contributed by atoms with Gasteiger partial charge in [-0.2, -0.15) is 0 Å². The van der Waals surface area contributed by atoms with Gasteiger partial charge in [0.05, 0.1) is 7.11 Å². The first-order chi connectivity index (χ1) is 10.3. The average molecular weight is 292 g/mol. The van der Waals surface area contributed by atoms with Crippen LogP contribution in [0.3, 0.4) is 0 Å². The van der Waals surface area contributed by atoms with Gasteiger partial charge in [0.15, 0.2) is 0 Å². The molecule has 120 valence electrons. The molecule has 0 radical (unpaired) electrons. The summed E-state index contributed by atoms with van der Waals surface area (Å²) in [6.07, 6.45) is 17.8. The molecule has 0 unspecified atom stereocenters. The second-order valence-corrected chi connectivity index (χ2v) is 5.42. The van der Waals surface area contributed by atoms with Crippen molar-refractivity contribution in [2.75, 3.05) is 7.11 Å². The normalized spacial score (nSPS) is 10.4. The minimum Gasteiger partial charge on any atom is -0.469 e. The van der Waals surface area contributed by atoms with Crippen molar-refractivity contribution < 1.29 is 9.53 Å². The first-order valence-corrected chi connectivity index (χ1v) is 8.51. The van der Waals surface area contributed by atoms with E-state index in [1.807, 2.05) is 6.08 Å². The second kappa shape index (κ2) is 16.8. The average Bonchev–Trinajstić information content (AvgIpc) is 2.50. The number of carbonyl (C=O) groups is 1. The zero-order valence-electron chi connectivity index (χ0n) is 14.0. The Labute approximate surface area is 131 Å². The molecule has 0 heterocycles. The molecule has 0 aromatic heterocycles. The van der Waals surface area contributed by atoms with Crippen molar-refractivity contribution in [3.05, 3.63) is 12.2 Å². The fourth-order valence-corrected chi connectivity index (χ4v) is 2.08. The summed E-state index contributed by atoms with van der Waals surface area (Å²) >= 11 is 0. The predicted octanol–water partition coefficient (Wildman–Crippen LogP) is 5.42. The SMILES string of the molecule is CCCCCCC#C/C=C/CCCCCCCC(=O)OC. The number of rotatable bonds is 12. The molecule has 0 aliphatic heterocycles. The van der Waals surface area contributed by atoms with Crippen LogP contribution < -0.4 is 0 Å². The summed E-state index contributed by atoms with van der Waals surface area (Å²) in [7, 11) is 1.45. The molecule has 0 aliphatic carbocycles. The second-order valence-electron chi connectivity index (χ2n) is 5.42. The lowest BCUT2D eigenvalue weighted by molar-refractivity contribution is -0.140. The monoisotopic (exact) mass is 292 g/mol. The van der Waals surface area contributed by atoms with E-state index in [2.05, 4.69) is 29.6 Å². The summed E-state index contributed by atoms with van der Waals surface area (Å²) in [5.74, 6) is 6.22. The molecule has 0 aliphatic rings. The van der Waals surface area contributed by atoms with Gasteiger partial charge in [-0.3, -0.25) is 4.79 Å². The molecule has 0 saturated heterocycles. The Balaban J connectivity index is 3.25. The Hall–Kier alpha value is -1.23. The summed E-state index contributed by atoms with van der Waals surface area (Å²) in [6, 6.07) is 0. The molecule has 0 spiro atoms. The summed E-state index contributed by atoms with van der Waals surface area (Å²) in [6.45, 7) is 2.23. The van der Waals surface area contributed by atoms with Crippen LogP contribution in [0.1, 0.15) is 84.0 Å². The maximum atomic E-state index is 10.9. The highest BCUT2D eigenvalue weighted by Crippen LogP contribution is 2.08. The van der Waals surface area contributed by atoms with E-state index in [-0.39, 0.29) is 5.97 Å². The van der Waals surface area contributed by atoms with Crippen molar-refractivity contribution >= 4 is 5.97 Å². The summed E-state index contributed by atoms with van der Waals surface area (Å²) in [4.78, 5) is 10.9. The van der Waals surface area contributed by atoms with E-state index in [9.17, 15) is 4.79 Å². The van der Waals surface area contributed by atoms with E-state index in [0.717, 1.165) is 25.7 Å². The van der Waals surface area contributed by atoms with Gasteiger partial charge in [-0.25, -0.2) is 0 Å². The standard InChI is InChI=1S/C19H32O2/c1-3-4-5-6-7-8-9-10-11-12-13-14-15-16-17-18-19(20)21-2/h10-11H,3-7,12-18H2,1-2H3/b11-10+. The molecule has 0 atom stereocenters. The van der Waals surface area contributed by atoms with Crippen molar-refractivity contribution in [1.82, 2.24) is 0 Å². The molecule has 0 saturated carbocycles. The van der Waals surface area contributed by atoms with E-state index in [1.54, 1.807) is 0 Å². The van der Waals surface area contributed by atoms with Gasteiger partial charge in [0.25, 0.3) is 0 Å². The maximum Gasteiger partial charge on any atom is 0.305 e. The number of hydrogen-bond donors (Lipinski definition) is 0. The van der Waals surface area contributed by atoms with E-state index < -0.39 is 0 Å². The Morgan fingerprint density at radius 2 is 1.71 bits per heavy atom. The third-order valence-corrected chi connectivity index (χ3v) is 3.44. The molecule has 0 N–H and O–H groups in total. The zero-order chi connectivity index (χ0) is 15.6. The zero-order valence-corrected chi connectivity index (χ0v) is 14.0. The number of unbranched alkanes of at least 4 members (excludes halogenated alkanes) is 9. The lowest BCUT2D eigenvalue weighted by atomic mass is 10.1. The lowest BCUT2D eigenvalue weighted by Gasteiger charge is -1.99. The Kier molecular flexibility index (Phi) is 15.8. The first-order valence-electron chi connectivity index (χ1n) is 8.51. The number of methoxy groups -OCH3 is 1. The van der Waals surface area contributed by atoms with Crippen LogP contribution in [0.4, 0.5) is 0 Å². The number of carbonyl (C=O) groups excluding carboxylic acids is 1. The van der Waals surface area contributed by atoms with Gasteiger partial charge < -0.3 is 4.74 Å². The fraction of sp³-hybridized carbons (Fsp3) is 0.737. The smallest absolute Gasteiger partial charge is 0.305 e. The minimum absolute atomic E-state index is 0.0915. The highest BCUT2D eigenvalue weighted by Gasteiger charge is 1.98. The van der Waals surface area contributed by atoms with Crippen LogP contribution >= 0.6 is 0 Å². The van der Waals surface area contributed by atoms with Crippen LogP contribution in [0, 0.1) is 11.8 Å². The molecule has 0 aromatic rings. The molecule has 2 heteroatoms. The van der Waals surface area contributed by atoms with Gasteiger partial charge in [0, 0.05) is 12.8 Å². The molecule has 21 heavy (non-hydrogen) atoms. The summed E-state index contributed by atoms with van der Waals surface area (Å²) in [5.41, 5.74) is 0. The summed E-state index contributed by atoms with van der Waals surface area (Å²) < 4.78 is 4.61. The third kappa shape index (κ3) is 16.7. The van der Waals surface area contributed by atoms with E-state index in [4.69, 9.17) is 0 Å². The minimum atomic E-state index is -0.0915. The van der Waals surface area contributed by atoms with Gasteiger partial charge in [0.1, 0.15) is 0 Å². The van der Waals surface area contributed by atoms with Gasteiger partial charge in [-0.15, -0.1) is 0 Å². The van der Waals surface area contributed by atoms with Crippen molar-refractivity contribution in [3.63, 3.8) is 0 Å². The van der Waals surface area contributed by atoms with Gasteiger partial charge in [0.2, 0.25) is 0 Å². The number of allylic oxidation sites excluding steroid dienone is 2. The van der Waals surface area contributed by atoms with Crippen molar-refractivity contribution in [1.29, 1.82) is 0 Å². The van der Waals surface area contributed by atoms with E-state index >= 15 is 0 Å². The van der Waals surface area contributed by atoms with Gasteiger partial charge in [-0.1, -0.05) is 63.4 Å². The molecule has 0 aromatic carbocycles. The fourth-order valence-electron chi connectivity index (χ4n) is 2.08. The van der Waals surface area contributed by atoms with Gasteiger partial charge >= 0.3 is 5.97 Å². The predicted molar refractivity (Wildman–Crippen MR) is 90.0 cm³/mol.